The molecule has 4 aromatic rings. The van der Waals surface area contributed by atoms with Gasteiger partial charge in [0.15, 0.2) is 17.3 Å². The zero-order valence-corrected chi connectivity index (χ0v) is 17.6. The summed E-state index contributed by atoms with van der Waals surface area (Å²) >= 11 is 1.68. The monoisotopic (exact) mass is 428 g/mol. The van der Waals surface area contributed by atoms with E-state index in [4.69, 9.17) is 14.5 Å². The zero-order chi connectivity index (χ0) is 20.6. The second kappa shape index (κ2) is 7.76. The van der Waals surface area contributed by atoms with Crippen LogP contribution in [0.1, 0.15) is 16.8 Å². The molecule has 0 N–H and O–H groups in total. The van der Waals surface area contributed by atoms with Gasteiger partial charge in [-0.3, -0.25) is 9.88 Å². The van der Waals surface area contributed by atoms with Crippen LogP contribution in [0.25, 0.3) is 22.0 Å². The van der Waals surface area contributed by atoms with Crippen LogP contribution in [0.4, 0.5) is 0 Å². The molecule has 2 aliphatic heterocycles. The average Bonchev–Trinajstić information content (AvgIpc) is 3.51. The van der Waals surface area contributed by atoms with E-state index < -0.39 is 0 Å². The van der Waals surface area contributed by atoms with Crippen LogP contribution in [0, 0.1) is 0 Å². The van der Waals surface area contributed by atoms with Gasteiger partial charge in [0.05, 0.1) is 16.3 Å². The summed E-state index contributed by atoms with van der Waals surface area (Å²) in [6.45, 7) is 2.99. The Bertz CT molecular complexity index is 1230. The Morgan fingerprint density at radius 3 is 2.84 bits per heavy atom. The molecule has 5 heterocycles. The lowest BCUT2D eigenvalue weighted by molar-refractivity contribution is 0.174. The van der Waals surface area contributed by atoms with Crippen molar-refractivity contribution in [1.82, 2.24) is 19.9 Å². The second-order valence-corrected chi connectivity index (χ2v) is 8.67. The summed E-state index contributed by atoms with van der Waals surface area (Å²) in [5.41, 5.74) is 5.55. The van der Waals surface area contributed by atoms with Gasteiger partial charge in [0.25, 0.3) is 0 Å². The zero-order valence-electron chi connectivity index (χ0n) is 16.8. The van der Waals surface area contributed by atoms with E-state index in [1.807, 2.05) is 36.7 Å². The molecule has 6 rings (SSSR count). The normalized spacial score (nSPS) is 15.1. The van der Waals surface area contributed by atoms with E-state index in [0.717, 1.165) is 59.5 Å². The summed E-state index contributed by atoms with van der Waals surface area (Å²) in [7, 11) is 0. The second-order valence-electron chi connectivity index (χ2n) is 7.72. The highest BCUT2D eigenvalue weighted by Gasteiger charge is 2.19. The first-order chi connectivity index (χ1) is 15.3. The summed E-state index contributed by atoms with van der Waals surface area (Å²) in [6.07, 6.45) is 4.90. The molecule has 0 aliphatic carbocycles. The van der Waals surface area contributed by atoms with Crippen LogP contribution in [0.5, 0.6) is 11.5 Å². The number of hydrogen-bond donors (Lipinski definition) is 0. The minimum absolute atomic E-state index is 0.282. The lowest BCUT2D eigenvalue weighted by atomic mass is 10.1. The topological polar surface area (TPSA) is 60.4 Å². The van der Waals surface area contributed by atoms with Crippen LogP contribution in [-0.2, 0) is 19.5 Å². The van der Waals surface area contributed by atoms with Crippen molar-refractivity contribution in [3.05, 3.63) is 77.1 Å². The SMILES string of the molecule is c1csc(-c2ncc3c(n2)CCN(Cc2ccc(-c4ccc5c(c4)OCO5)nc2)C3)c1. The first-order valence-electron chi connectivity index (χ1n) is 10.3. The lowest BCUT2D eigenvalue weighted by Crippen LogP contribution is -2.31. The van der Waals surface area contributed by atoms with Crippen molar-refractivity contribution in [2.24, 2.45) is 0 Å². The van der Waals surface area contributed by atoms with Gasteiger partial charge in [-0.15, -0.1) is 11.3 Å². The van der Waals surface area contributed by atoms with Gasteiger partial charge >= 0.3 is 0 Å². The molecule has 0 amide bonds. The number of ether oxygens (including phenoxy) is 2. The maximum atomic E-state index is 5.48. The molecule has 2 aliphatic rings. The minimum Gasteiger partial charge on any atom is -0.454 e. The summed E-state index contributed by atoms with van der Waals surface area (Å²) in [4.78, 5) is 17.6. The predicted molar refractivity (Wildman–Crippen MR) is 119 cm³/mol. The summed E-state index contributed by atoms with van der Waals surface area (Å²) in [6, 6.07) is 14.3. The van der Waals surface area contributed by atoms with E-state index in [0.29, 0.717) is 0 Å². The maximum absolute atomic E-state index is 5.48. The highest BCUT2D eigenvalue weighted by atomic mass is 32.1. The molecule has 0 spiro atoms. The molecule has 0 saturated heterocycles. The van der Waals surface area contributed by atoms with Crippen molar-refractivity contribution in [3.63, 3.8) is 0 Å². The van der Waals surface area contributed by atoms with Crippen LogP contribution < -0.4 is 9.47 Å². The Morgan fingerprint density at radius 2 is 1.97 bits per heavy atom. The first-order valence-corrected chi connectivity index (χ1v) is 11.2. The number of rotatable bonds is 4. The fraction of sp³-hybridized carbons (Fsp3) is 0.208. The van der Waals surface area contributed by atoms with Crippen molar-refractivity contribution in [2.75, 3.05) is 13.3 Å². The number of hydrogen-bond acceptors (Lipinski definition) is 7. The van der Waals surface area contributed by atoms with Crippen LogP contribution in [-0.4, -0.2) is 33.2 Å². The van der Waals surface area contributed by atoms with Crippen molar-refractivity contribution >= 4 is 11.3 Å². The van der Waals surface area contributed by atoms with E-state index in [1.165, 1.54) is 16.8 Å². The molecule has 3 aromatic heterocycles. The molecular formula is C24H20N4O2S. The summed E-state index contributed by atoms with van der Waals surface area (Å²) in [5, 5.41) is 2.06. The first kappa shape index (κ1) is 18.5. The smallest absolute Gasteiger partial charge is 0.231 e. The molecule has 0 radical (unpaired) electrons. The minimum atomic E-state index is 0.282. The number of aromatic nitrogens is 3. The predicted octanol–water partition coefficient (Wildman–Crippen LogP) is 4.55. The van der Waals surface area contributed by atoms with Gasteiger partial charge in [-0.2, -0.15) is 0 Å². The molecule has 0 atom stereocenters. The number of pyridine rings is 1. The molecule has 7 heteroatoms. The fourth-order valence-corrected chi connectivity index (χ4v) is 4.70. The Hall–Kier alpha value is -3.29. The standard InChI is InChI=1S/C24H20N4O2S/c1-2-23(31-9-1)24-26-12-18-14-28(8-7-20(18)27-24)13-16-3-5-19(25-11-16)17-4-6-21-22(10-17)30-15-29-21/h1-6,9-12H,7-8,13-15H2. The number of fused-ring (bicyclic) bond motifs is 2. The van der Waals surface area contributed by atoms with Crippen molar-refractivity contribution < 1.29 is 9.47 Å². The van der Waals surface area contributed by atoms with Crippen molar-refractivity contribution in [3.8, 4) is 33.5 Å². The molecule has 0 fully saturated rings. The third kappa shape index (κ3) is 3.66. The molecule has 31 heavy (non-hydrogen) atoms. The number of nitrogens with zero attached hydrogens (tertiary/aromatic N) is 4. The Morgan fingerprint density at radius 1 is 1.00 bits per heavy atom. The van der Waals surface area contributed by atoms with Gasteiger partial charge in [-0.05, 0) is 41.3 Å². The molecule has 1 aromatic carbocycles. The van der Waals surface area contributed by atoms with Crippen molar-refractivity contribution in [2.45, 2.75) is 19.5 Å². The van der Waals surface area contributed by atoms with E-state index in [2.05, 4.69) is 38.4 Å². The van der Waals surface area contributed by atoms with E-state index in [9.17, 15) is 0 Å². The highest BCUT2D eigenvalue weighted by molar-refractivity contribution is 7.13. The van der Waals surface area contributed by atoms with Crippen LogP contribution in [0.2, 0.25) is 0 Å². The number of benzene rings is 1. The third-order valence-electron chi connectivity index (χ3n) is 5.65. The van der Waals surface area contributed by atoms with Gasteiger partial charge in [0, 0.05) is 49.6 Å². The maximum Gasteiger partial charge on any atom is 0.231 e. The average molecular weight is 429 g/mol. The summed E-state index contributed by atoms with van der Waals surface area (Å²) in [5.74, 6) is 2.41. The summed E-state index contributed by atoms with van der Waals surface area (Å²) < 4.78 is 10.9. The van der Waals surface area contributed by atoms with Crippen LogP contribution in [0.3, 0.4) is 0 Å². The lowest BCUT2D eigenvalue weighted by Gasteiger charge is -2.28. The van der Waals surface area contributed by atoms with Gasteiger partial charge in [0.2, 0.25) is 6.79 Å². The highest BCUT2D eigenvalue weighted by Crippen LogP contribution is 2.35. The van der Waals surface area contributed by atoms with Gasteiger partial charge in [0.1, 0.15) is 0 Å². The van der Waals surface area contributed by atoms with E-state index in [-0.39, 0.29) is 6.79 Å². The Labute approximate surface area is 184 Å². The molecular weight excluding hydrogens is 408 g/mol. The quantitative estimate of drug-likeness (QED) is 0.475. The molecule has 154 valence electrons. The molecule has 0 unspecified atom stereocenters. The van der Waals surface area contributed by atoms with E-state index in [1.54, 1.807) is 11.3 Å². The number of thiophene rings is 1. The van der Waals surface area contributed by atoms with E-state index >= 15 is 0 Å². The largest absolute Gasteiger partial charge is 0.454 e. The third-order valence-corrected chi connectivity index (χ3v) is 6.52. The Kier molecular flexibility index (Phi) is 4.62. The van der Waals surface area contributed by atoms with Gasteiger partial charge in [-0.1, -0.05) is 12.1 Å². The fourth-order valence-electron chi connectivity index (χ4n) is 4.04. The Balaban J connectivity index is 1.14. The molecule has 0 saturated carbocycles. The van der Waals surface area contributed by atoms with Crippen LogP contribution >= 0.6 is 11.3 Å². The molecule has 6 nitrogen and oxygen atoms in total. The van der Waals surface area contributed by atoms with Gasteiger partial charge < -0.3 is 9.47 Å². The van der Waals surface area contributed by atoms with Crippen LogP contribution in [0.15, 0.2) is 60.2 Å². The van der Waals surface area contributed by atoms with Gasteiger partial charge in [-0.25, -0.2) is 9.97 Å². The van der Waals surface area contributed by atoms with Crippen molar-refractivity contribution in [1.29, 1.82) is 0 Å². The molecule has 0 bridgehead atoms.